The minimum atomic E-state index is 0.265. The van der Waals surface area contributed by atoms with Crippen LogP contribution in [0.5, 0.6) is 0 Å². The first-order valence-corrected chi connectivity index (χ1v) is 7.25. The van der Waals surface area contributed by atoms with E-state index in [1.54, 1.807) is 11.3 Å². The maximum Gasteiger partial charge on any atom is 0.0794 e. The lowest BCUT2D eigenvalue weighted by Gasteiger charge is -2.15. The minimum Gasteiger partial charge on any atom is -0.312 e. The summed E-state index contributed by atoms with van der Waals surface area (Å²) in [6.07, 6.45) is 2.77. The predicted octanol–water partition coefficient (Wildman–Crippen LogP) is 4.06. The third-order valence-electron chi connectivity index (χ3n) is 2.58. The minimum absolute atomic E-state index is 0.265. The molecule has 5 heteroatoms. The summed E-state index contributed by atoms with van der Waals surface area (Å²) < 4.78 is 1.00. The van der Waals surface area contributed by atoms with E-state index in [0.717, 1.165) is 21.5 Å². The molecule has 0 saturated carbocycles. The molecular formula is C12H12BrClN2S. The van der Waals surface area contributed by atoms with Crippen molar-refractivity contribution in [3.63, 3.8) is 0 Å². The monoisotopic (exact) mass is 330 g/mol. The highest BCUT2D eigenvalue weighted by Gasteiger charge is 2.13. The lowest BCUT2D eigenvalue weighted by Crippen LogP contribution is -2.17. The van der Waals surface area contributed by atoms with Gasteiger partial charge in [0, 0.05) is 26.6 Å². The molecule has 0 amide bonds. The number of hydrogen-bond acceptors (Lipinski definition) is 3. The first kappa shape index (κ1) is 13.0. The molecule has 0 fully saturated rings. The largest absolute Gasteiger partial charge is 0.312 e. The molecule has 0 radical (unpaired) electrons. The molecule has 1 atom stereocenters. The predicted molar refractivity (Wildman–Crippen MR) is 76.8 cm³/mol. The van der Waals surface area contributed by atoms with Crippen LogP contribution in [0.25, 0.3) is 0 Å². The normalized spacial score (nSPS) is 12.6. The van der Waals surface area contributed by atoms with Gasteiger partial charge < -0.3 is 5.32 Å². The molecule has 2 nitrogen and oxygen atoms in total. The van der Waals surface area contributed by atoms with Crippen molar-refractivity contribution in [2.75, 3.05) is 7.05 Å². The molecule has 90 valence electrons. The zero-order valence-electron chi connectivity index (χ0n) is 9.28. The number of nitrogens with zero attached hydrogens (tertiary/aromatic N) is 1. The maximum absolute atomic E-state index is 6.22. The number of hydrogen-bond donors (Lipinski definition) is 1. The second-order valence-electron chi connectivity index (χ2n) is 3.68. The zero-order valence-corrected chi connectivity index (χ0v) is 12.4. The third-order valence-corrected chi connectivity index (χ3v) is 4.32. The molecule has 0 aliphatic heterocycles. The number of benzene rings is 1. The summed E-state index contributed by atoms with van der Waals surface area (Å²) in [6.45, 7) is 0. The van der Waals surface area contributed by atoms with E-state index < -0.39 is 0 Å². The molecule has 17 heavy (non-hydrogen) atoms. The highest BCUT2D eigenvalue weighted by atomic mass is 79.9. The van der Waals surface area contributed by atoms with Crippen molar-refractivity contribution >= 4 is 38.9 Å². The summed E-state index contributed by atoms with van der Waals surface area (Å²) in [7, 11) is 1.96. The molecule has 0 aliphatic carbocycles. The Kier molecular flexibility index (Phi) is 4.56. The first-order valence-electron chi connectivity index (χ1n) is 5.20. The smallest absolute Gasteiger partial charge is 0.0794 e. The van der Waals surface area contributed by atoms with Gasteiger partial charge in [0.15, 0.2) is 0 Å². The quantitative estimate of drug-likeness (QED) is 0.914. The first-order chi connectivity index (χ1) is 8.20. The van der Waals surface area contributed by atoms with E-state index >= 15 is 0 Å². The van der Waals surface area contributed by atoms with Crippen molar-refractivity contribution in [1.82, 2.24) is 10.3 Å². The van der Waals surface area contributed by atoms with Crippen LogP contribution in [-0.2, 0) is 6.42 Å². The van der Waals surface area contributed by atoms with E-state index in [-0.39, 0.29) is 6.04 Å². The van der Waals surface area contributed by atoms with Crippen LogP contribution in [0, 0.1) is 0 Å². The van der Waals surface area contributed by atoms with Crippen LogP contribution < -0.4 is 5.32 Å². The van der Waals surface area contributed by atoms with Gasteiger partial charge in [-0.3, -0.25) is 4.98 Å². The van der Waals surface area contributed by atoms with Gasteiger partial charge in [0.2, 0.25) is 0 Å². The van der Waals surface area contributed by atoms with Crippen LogP contribution in [0.3, 0.4) is 0 Å². The van der Waals surface area contributed by atoms with E-state index in [0.29, 0.717) is 0 Å². The fraction of sp³-hybridized carbons (Fsp3) is 0.250. The van der Waals surface area contributed by atoms with E-state index in [1.165, 1.54) is 4.88 Å². The van der Waals surface area contributed by atoms with Gasteiger partial charge in [-0.25, -0.2) is 0 Å². The van der Waals surface area contributed by atoms with Crippen LogP contribution in [0.4, 0.5) is 0 Å². The molecule has 1 aromatic heterocycles. The van der Waals surface area contributed by atoms with Gasteiger partial charge in [0.25, 0.3) is 0 Å². The van der Waals surface area contributed by atoms with Crippen molar-refractivity contribution in [3.05, 3.63) is 49.8 Å². The number of likely N-dealkylation sites (N-methyl/N-ethyl adjacent to an activating group) is 1. The Hall–Kier alpha value is -0.420. The number of nitrogens with one attached hydrogen (secondary N) is 1. The topological polar surface area (TPSA) is 24.9 Å². The SMILES string of the molecule is CNC(Cc1ccc(Br)cc1Cl)c1cncs1. The summed E-state index contributed by atoms with van der Waals surface area (Å²) in [5, 5.41) is 4.09. The van der Waals surface area contributed by atoms with Crippen LogP contribution >= 0.6 is 38.9 Å². The number of halogens is 2. The van der Waals surface area contributed by atoms with E-state index in [1.807, 2.05) is 30.9 Å². The second kappa shape index (κ2) is 5.96. The number of aromatic nitrogens is 1. The van der Waals surface area contributed by atoms with Gasteiger partial charge >= 0.3 is 0 Å². The summed E-state index contributed by atoms with van der Waals surface area (Å²) in [5.41, 5.74) is 2.99. The Morgan fingerprint density at radius 3 is 2.94 bits per heavy atom. The van der Waals surface area contributed by atoms with E-state index in [9.17, 15) is 0 Å². The van der Waals surface area contributed by atoms with Crippen molar-refractivity contribution < 1.29 is 0 Å². The van der Waals surface area contributed by atoms with Crippen LogP contribution in [0.1, 0.15) is 16.5 Å². The van der Waals surface area contributed by atoms with Crippen molar-refractivity contribution in [2.24, 2.45) is 0 Å². The molecule has 1 unspecified atom stereocenters. The van der Waals surface area contributed by atoms with Crippen molar-refractivity contribution in [1.29, 1.82) is 0 Å². The Balaban J connectivity index is 2.19. The Bertz CT molecular complexity index is 487. The molecule has 0 bridgehead atoms. The molecule has 2 aromatic rings. The highest BCUT2D eigenvalue weighted by molar-refractivity contribution is 9.10. The van der Waals surface area contributed by atoms with Gasteiger partial charge in [-0.05, 0) is 31.2 Å². The van der Waals surface area contributed by atoms with Gasteiger partial charge in [-0.1, -0.05) is 33.6 Å². The van der Waals surface area contributed by atoms with Gasteiger partial charge in [0.1, 0.15) is 0 Å². The van der Waals surface area contributed by atoms with Gasteiger partial charge in [0.05, 0.1) is 5.51 Å². The molecule has 2 rings (SSSR count). The summed E-state index contributed by atoms with van der Waals surface area (Å²) >= 11 is 11.3. The molecule has 1 aromatic carbocycles. The number of thiazole rings is 1. The Morgan fingerprint density at radius 1 is 1.53 bits per heavy atom. The van der Waals surface area contributed by atoms with Crippen LogP contribution in [-0.4, -0.2) is 12.0 Å². The molecule has 0 spiro atoms. The van der Waals surface area contributed by atoms with E-state index in [4.69, 9.17) is 11.6 Å². The fourth-order valence-corrected chi connectivity index (χ4v) is 3.13. The lowest BCUT2D eigenvalue weighted by atomic mass is 10.1. The molecule has 0 saturated heterocycles. The summed E-state index contributed by atoms with van der Waals surface area (Å²) in [6, 6.07) is 6.26. The highest BCUT2D eigenvalue weighted by Crippen LogP contribution is 2.27. The van der Waals surface area contributed by atoms with E-state index in [2.05, 4.69) is 32.3 Å². The van der Waals surface area contributed by atoms with Crippen LogP contribution in [0.15, 0.2) is 34.4 Å². The maximum atomic E-state index is 6.22. The zero-order chi connectivity index (χ0) is 12.3. The Labute approximate surface area is 118 Å². The van der Waals surface area contributed by atoms with Gasteiger partial charge in [-0.15, -0.1) is 11.3 Å². The molecular weight excluding hydrogens is 320 g/mol. The third kappa shape index (κ3) is 3.28. The second-order valence-corrected chi connectivity index (χ2v) is 5.93. The average Bonchev–Trinajstić information content (AvgIpc) is 2.81. The Morgan fingerprint density at radius 2 is 2.35 bits per heavy atom. The fourth-order valence-electron chi connectivity index (χ4n) is 1.65. The lowest BCUT2D eigenvalue weighted by molar-refractivity contribution is 0.601. The van der Waals surface area contributed by atoms with Crippen molar-refractivity contribution in [2.45, 2.75) is 12.5 Å². The van der Waals surface area contributed by atoms with Gasteiger partial charge in [-0.2, -0.15) is 0 Å². The van der Waals surface area contributed by atoms with Crippen molar-refractivity contribution in [3.8, 4) is 0 Å². The molecule has 0 aliphatic rings. The summed E-state index contributed by atoms with van der Waals surface area (Å²) in [4.78, 5) is 5.34. The number of rotatable bonds is 4. The van der Waals surface area contributed by atoms with Crippen LogP contribution in [0.2, 0.25) is 5.02 Å². The molecule has 1 N–H and O–H groups in total. The molecule has 1 heterocycles. The summed E-state index contributed by atoms with van der Waals surface area (Å²) in [5.74, 6) is 0. The average molecular weight is 332 g/mol. The standard InChI is InChI=1S/C12H12BrClN2S/c1-15-11(12-6-16-7-17-12)4-8-2-3-9(13)5-10(8)14/h2-3,5-7,11,15H,4H2,1H3.